The number of nitrogens with one attached hydrogen (secondary N) is 2. The number of isocyanates is 1. The molecule has 0 aliphatic carbocycles. The molecule has 0 heterocycles. The quantitative estimate of drug-likeness (QED) is 0.0590. The van der Waals surface area contributed by atoms with E-state index in [1.54, 1.807) is 0 Å². The maximum atomic E-state index is 11.3. The minimum Gasteiger partial charge on any atom is -0.374 e. The zero-order valence-corrected chi connectivity index (χ0v) is 27.3. The van der Waals surface area contributed by atoms with E-state index in [9.17, 15) is 9.59 Å². The summed E-state index contributed by atoms with van der Waals surface area (Å²) in [6, 6.07) is 1.10. The number of urea groups is 1. The Hall–Kier alpha value is -2.08. The monoisotopic (exact) mass is 604 g/mol. The van der Waals surface area contributed by atoms with Crippen LogP contribution >= 0.6 is 0 Å². The van der Waals surface area contributed by atoms with Crippen molar-refractivity contribution in [2.45, 2.75) is 66.5 Å². The zero-order chi connectivity index (χ0) is 31.0. The topological polar surface area (TPSA) is 152 Å². The van der Waals surface area contributed by atoms with Gasteiger partial charge >= 0.3 is 23.6 Å². The van der Waals surface area contributed by atoms with Gasteiger partial charge in [-0.15, -0.1) is 12.8 Å². The number of terminal acetylenes is 2. The van der Waals surface area contributed by atoms with Gasteiger partial charge in [-0.25, -0.2) is 14.6 Å². The Morgan fingerprint density at radius 3 is 1.48 bits per heavy atom. The Morgan fingerprint density at radius 2 is 1.15 bits per heavy atom. The molecular weight excluding hydrogens is 552 g/mol. The second-order valence-electron chi connectivity index (χ2n) is 7.37. The number of carbonyl (C=O) groups excluding carboxylic acids is 2. The Morgan fingerprint density at radius 1 is 0.750 bits per heavy atom. The first-order valence-electron chi connectivity index (χ1n) is 13.8. The SMILES string of the molecule is C#CCN.C#CCNC(=O)NCCC[Si](OCC)(OCC)OCC.CCO[Si](CCCN=C=O)(OCC)OCC. The minimum atomic E-state index is -2.60. The highest BCUT2D eigenvalue weighted by Crippen LogP contribution is 2.18. The van der Waals surface area contributed by atoms with E-state index in [1.807, 2.05) is 41.5 Å². The van der Waals surface area contributed by atoms with E-state index in [-0.39, 0.29) is 12.6 Å². The summed E-state index contributed by atoms with van der Waals surface area (Å²) < 4.78 is 34.1. The summed E-state index contributed by atoms with van der Waals surface area (Å²) in [6.07, 6.45) is 12.7. The van der Waals surface area contributed by atoms with E-state index >= 15 is 0 Å². The summed E-state index contributed by atoms with van der Waals surface area (Å²) in [5.74, 6) is 4.55. The van der Waals surface area contributed by atoms with Crippen LogP contribution in [0.5, 0.6) is 0 Å². The summed E-state index contributed by atoms with van der Waals surface area (Å²) in [7, 11) is -5.13. The van der Waals surface area contributed by atoms with Crippen molar-refractivity contribution in [1.82, 2.24) is 10.6 Å². The van der Waals surface area contributed by atoms with Crippen molar-refractivity contribution >= 4 is 29.7 Å². The molecule has 0 unspecified atom stereocenters. The molecule has 40 heavy (non-hydrogen) atoms. The van der Waals surface area contributed by atoms with Crippen LogP contribution in [0.3, 0.4) is 0 Å². The van der Waals surface area contributed by atoms with Gasteiger partial charge in [0.1, 0.15) is 0 Å². The highest BCUT2D eigenvalue weighted by atomic mass is 28.4. The fourth-order valence-electron chi connectivity index (χ4n) is 3.12. The number of hydrogen-bond donors (Lipinski definition) is 3. The molecule has 232 valence electrons. The van der Waals surface area contributed by atoms with E-state index in [2.05, 4.69) is 33.9 Å². The van der Waals surface area contributed by atoms with Gasteiger partial charge < -0.3 is 42.9 Å². The van der Waals surface area contributed by atoms with Crippen LogP contribution in [-0.2, 0) is 31.4 Å². The highest BCUT2D eigenvalue weighted by molar-refractivity contribution is 6.61. The molecule has 0 spiro atoms. The van der Waals surface area contributed by atoms with Crippen LogP contribution in [0.15, 0.2) is 4.99 Å². The number of nitrogens with two attached hydrogens (primary N) is 1. The van der Waals surface area contributed by atoms with E-state index in [4.69, 9.17) is 38.7 Å². The summed E-state index contributed by atoms with van der Waals surface area (Å²) in [6.45, 7) is 16.5. The van der Waals surface area contributed by atoms with Crippen molar-refractivity contribution in [2.75, 3.05) is 65.8 Å². The van der Waals surface area contributed by atoms with Crippen molar-refractivity contribution in [3.8, 4) is 24.7 Å². The molecule has 0 aliphatic heterocycles. The van der Waals surface area contributed by atoms with Gasteiger partial charge in [0, 0.05) is 58.3 Å². The predicted molar refractivity (Wildman–Crippen MR) is 161 cm³/mol. The van der Waals surface area contributed by atoms with Crippen molar-refractivity contribution in [3.63, 3.8) is 0 Å². The third-order valence-electron chi connectivity index (χ3n) is 4.42. The second kappa shape index (κ2) is 31.5. The van der Waals surface area contributed by atoms with Crippen LogP contribution in [0.1, 0.15) is 54.4 Å². The van der Waals surface area contributed by atoms with Gasteiger partial charge in [-0.05, 0) is 54.4 Å². The number of rotatable bonds is 21. The molecule has 0 aromatic heterocycles. The molecule has 0 radical (unpaired) electrons. The van der Waals surface area contributed by atoms with E-state index in [0.717, 1.165) is 12.8 Å². The summed E-state index contributed by atoms with van der Waals surface area (Å²) in [5.41, 5.74) is 4.79. The van der Waals surface area contributed by atoms with Gasteiger partial charge in [-0.3, -0.25) is 0 Å². The van der Waals surface area contributed by atoms with E-state index in [1.165, 1.54) is 6.08 Å². The smallest absolute Gasteiger partial charge is 0.374 e. The molecule has 12 nitrogen and oxygen atoms in total. The fraction of sp³-hybridized carbons (Fsp3) is 0.769. The molecule has 0 saturated carbocycles. The average molecular weight is 605 g/mol. The van der Waals surface area contributed by atoms with Gasteiger partial charge in [-0.1, -0.05) is 11.8 Å². The summed E-state index contributed by atoms with van der Waals surface area (Å²) in [4.78, 5) is 24.7. The normalized spacial score (nSPS) is 10.4. The number of nitrogens with zero attached hydrogens (tertiary/aromatic N) is 1. The van der Waals surface area contributed by atoms with Crippen molar-refractivity contribution < 1.29 is 36.1 Å². The van der Waals surface area contributed by atoms with Gasteiger partial charge in [0.2, 0.25) is 6.08 Å². The predicted octanol–water partition coefficient (Wildman–Crippen LogP) is 2.70. The van der Waals surface area contributed by atoms with E-state index < -0.39 is 17.6 Å². The second-order valence-corrected chi connectivity index (χ2v) is 12.8. The van der Waals surface area contributed by atoms with Crippen LogP contribution in [-0.4, -0.2) is 95.5 Å². The number of amides is 2. The molecule has 0 aromatic carbocycles. The van der Waals surface area contributed by atoms with Crippen LogP contribution in [0, 0.1) is 24.7 Å². The largest absolute Gasteiger partial charge is 0.500 e. The number of hydrogen-bond acceptors (Lipinski definition) is 10. The molecule has 14 heteroatoms. The molecule has 0 atom stereocenters. The molecule has 0 aromatic rings. The molecule has 0 saturated heterocycles. The van der Waals surface area contributed by atoms with Crippen LogP contribution < -0.4 is 16.4 Å². The first-order valence-corrected chi connectivity index (χ1v) is 17.6. The first kappa shape index (κ1) is 42.4. The van der Waals surface area contributed by atoms with Crippen molar-refractivity contribution in [1.29, 1.82) is 0 Å². The third-order valence-corrected chi connectivity index (χ3v) is 10.7. The molecule has 0 aliphatic rings. The van der Waals surface area contributed by atoms with Crippen LogP contribution in [0.25, 0.3) is 0 Å². The highest BCUT2D eigenvalue weighted by Gasteiger charge is 2.40. The summed E-state index contributed by atoms with van der Waals surface area (Å²) in [5, 5.41) is 5.26. The maximum absolute atomic E-state index is 11.3. The molecule has 0 rings (SSSR count). The van der Waals surface area contributed by atoms with Crippen molar-refractivity contribution in [2.24, 2.45) is 10.7 Å². The minimum absolute atomic E-state index is 0.224. The van der Waals surface area contributed by atoms with Gasteiger partial charge in [0.15, 0.2) is 0 Å². The summed E-state index contributed by atoms with van der Waals surface area (Å²) >= 11 is 0. The lowest BCUT2D eigenvalue weighted by Gasteiger charge is -2.28. The van der Waals surface area contributed by atoms with Crippen LogP contribution in [0.2, 0.25) is 12.1 Å². The molecule has 0 bridgehead atoms. The Balaban J connectivity index is -0.000000614. The number of carbonyl (C=O) groups is 1. The first-order chi connectivity index (χ1) is 19.3. The Kier molecular flexibility index (Phi) is 33.3. The Labute approximate surface area is 244 Å². The van der Waals surface area contributed by atoms with Crippen LogP contribution in [0.4, 0.5) is 4.79 Å². The van der Waals surface area contributed by atoms with Crippen molar-refractivity contribution in [3.05, 3.63) is 0 Å². The molecule has 0 fully saturated rings. The molecular formula is C26H52N4O8Si2. The van der Waals surface area contributed by atoms with E-state index in [0.29, 0.717) is 71.4 Å². The molecule has 2 amide bonds. The van der Waals surface area contributed by atoms with Gasteiger partial charge in [0.25, 0.3) is 0 Å². The van der Waals surface area contributed by atoms with Gasteiger partial charge in [-0.2, -0.15) is 0 Å². The Bertz CT molecular complexity index is 694. The average Bonchev–Trinajstić information content (AvgIpc) is 2.94. The lowest BCUT2D eigenvalue weighted by Crippen LogP contribution is -2.46. The third kappa shape index (κ3) is 24.9. The lowest BCUT2D eigenvalue weighted by molar-refractivity contribution is 0.0701. The lowest BCUT2D eigenvalue weighted by atomic mass is 10.5. The maximum Gasteiger partial charge on any atom is 0.500 e. The van der Waals surface area contributed by atoms with Gasteiger partial charge in [0.05, 0.1) is 19.6 Å². The zero-order valence-electron chi connectivity index (χ0n) is 25.3. The molecule has 4 N–H and O–H groups in total. The number of aliphatic imine (C=N–C) groups is 1. The fourth-order valence-corrected chi connectivity index (χ4v) is 8.33. The standard InChI is InChI=1S/C13H26N2O4Si.C10H21NO4Si.C3H5N/c1-5-10-14-13(16)15-11-9-12-20(17-6-2,18-7-3)19-8-4;1-4-13-16(14-5-2,15-6-3)9-7-8-11-10-12;1-2-3-4/h1H,6-12H2,2-4H3,(H2,14,15,16);4-9H2,1-3H3;1H,3-4H2.